The van der Waals surface area contributed by atoms with Crippen LogP contribution in [0.4, 0.5) is 5.69 Å². The molecule has 0 fully saturated rings. The second-order valence-corrected chi connectivity index (χ2v) is 5.08. The molecule has 2 N–H and O–H groups in total. The van der Waals surface area contributed by atoms with Crippen LogP contribution in [0.25, 0.3) is 10.8 Å². The summed E-state index contributed by atoms with van der Waals surface area (Å²) in [5.41, 5.74) is 8.16. The fraction of sp³-hybridized carbons (Fsp3) is 0.312. The van der Waals surface area contributed by atoms with Crippen molar-refractivity contribution in [2.75, 3.05) is 11.4 Å². The number of benzene rings is 2. The number of hydrogen-bond acceptors (Lipinski definition) is 2. The summed E-state index contributed by atoms with van der Waals surface area (Å²) in [6, 6.07) is 12.2. The number of fused-ring (bicyclic) bond motifs is 2. The lowest BCUT2D eigenvalue weighted by Gasteiger charge is -2.21. The molecule has 1 amide bonds. The Hall–Kier alpha value is -1.87. The van der Waals surface area contributed by atoms with Crippen LogP contribution >= 0.6 is 0 Å². The molecule has 3 heteroatoms. The first-order valence-corrected chi connectivity index (χ1v) is 6.79. The van der Waals surface area contributed by atoms with Crippen molar-refractivity contribution in [2.24, 2.45) is 5.73 Å². The van der Waals surface area contributed by atoms with Crippen molar-refractivity contribution in [3.8, 4) is 0 Å². The molecule has 1 atom stereocenters. The molecule has 2 aromatic carbocycles. The van der Waals surface area contributed by atoms with Crippen molar-refractivity contribution in [1.29, 1.82) is 0 Å². The first kappa shape index (κ1) is 12.2. The van der Waals surface area contributed by atoms with Gasteiger partial charge in [-0.3, -0.25) is 4.79 Å². The van der Waals surface area contributed by atoms with Gasteiger partial charge in [0.05, 0.1) is 6.04 Å². The van der Waals surface area contributed by atoms with E-state index >= 15 is 0 Å². The van der Waals surface area contributed by atoms with E-state index in [4.69, 9.17) is 5.73 Å². The predicted octanol–water partition coefficient (Wildman–Crippen LogP) is 2.47. The molecule has 1 aliphatic heterocycles. The molecule has 1 heterocycles. The highest BCUT2D eigenvalue weighted by atomic mass is 16.2. The van der Waals surface area contributed by atoms with Crippen molar-refractivity contribution in [1.82, 2.24) is 0 Å². The summed E-state index contributed by atoms with van der Waals surface area (Å²) in [7, 11) is 0. The van der Waals surface area contributed by atoms with Gasteiger partial charge >= 0.3 is 0 Å². The molecule has 1 aliphatic rings. The quantitative estimate of drug-likeness (QED) is 0.895. The fourth-order valence-electron chi connectivity index (χ4n) is 2.68. The first-order valence-electron chi connectivity index (χ1n) is 6.79. The Balaban J connectivity index is 2.04. The van der Waals surface area contributed by atoms with E-state index in [0.29, 0.717) is 6.42 Å². The molecular weight excluding hydrogens is 236 g/mol. The molecule has 0 aliphatic carbocycles. The van der Waals surface area contributed by atoms with Crippen LogP contribution in [0.5, 0.6) is 0 Å². The van der Waals surface area contributed by atoms with Gasteiger partial charge in [0.1, 0.15) is 0 Å². The maximum atomic E-state index is 12.3. The van der Waals surface area contributed by atoms with E-state index in [-0.39, 0.29) is 5.91 Å². The zero-order valence-corrected chi connectivity index (χ0v) is 11.1. The Morgan fingerprint density at radius 2 is 2.00 bits per heavy atom. The molecule has 3 rings (SSSR count). The largest absolute Gasteiger partial charge is 0.320 e. The van der Waals surface area contributed by atoms with Gasteiger partial charge in [-0.05, 0) is 41.3 Å². The minimum atomic E-state index is -0.391. The third-order valence-corrected chi connectivity index (χ3v) is 3.87. The van der Waals surface area contributed by atoms with Crippen molar-refractivity contribution in [3.63, 3.8) is 0 Å². The van der Waals surface area contributed by atoms with Gasteiger partial charge in [0, 0.05) is 12.2 Å². The number of nitrogens with two attached hydrogens (primary N) is 1. The van der Waals surface area contributed by atoms with Gasteiger partial charge in [0.25, 0.3) is 0 Å². The summed E-state index contributed by atoms with van der Waals surface area (Å²) in [5.74, 6) is 0.0385. The maximum absolute atomic E-state index is 12.3. The highest BCUT2D eigenvalue weighted by molar-refractivity contribution is 6.01. The van der Waals surface area contributed by atoms with E-state index < -0.39 is 6.04 Å². The lowest BCUT2D eigenvalue weighted by molar-refractivity contribution is -0.119. The highest BCUT2D eigenvalue weighted by Crippen LogP contribution is 2.32. The fourth-order valence-corrected chi connectivity index (χ4v) is 2.68. The summed E-state index contributed by atoms with van der Waals surface area (Å²) in [5, 5.41) is 2.40. The molecule has 0 radical (unpaired) electrons. The van der Waals surface area contributed by atoms with Crippen LogP contribution in [0.15, 0.2) is 36.4 Å². The van der Waals surface area contributed by atoms with Crippen LogP contribution in [0, 0.1) is 0 Å². The highest BCUT2D eigenvalue weighted by Gasteiger charge is 2.27. The van der Waals surface area contributed by atoms with Gasteiger partial charge in [-0.25, -0.2) is 0 Å². The van der Waals surface area contributed by atoms with Crippen LogP contribution in [0.3, 0.4) is 0 Å². The Bertz CT molecular complexity index is 636. The second-order valence-electron chi connectivity index (χ2n) is 5.08. The lowest BCUT2D eigenvalue weighted by Crippen LogP contribution is -2.42. The molecule has 2 aromatic rings. The third kappa shape index (κ3) is 2.00. The van der Waals surface area contributed by atoms with Crippen molar-refractivity contribution in [2.45, 2.75) is 25.8 Å². The zero-order chi connectivity index (χ0) is 13.4. The van der Waals surface area contributed by atoms with Gasteiger partial charge in [0.15, 0.2) is 0 Å². The standard InChI is InChI=1S/C16H18N2O/c1-2-14(17)16(19)18-8-7-13-9-11-5-3-4-6-12(11)10-15(13)18/h3-6,9-10,14H,2,7-8,17H2,1H3. The number of carbonyl (C=O) groups excluding carboxylic acids is 1. The molecule has 0 saturated carbocycles. The van der Waals surface area contributed by atoms with E-state index in [2.05, 4.69) is 24.3 Å². The Morgan fingerprint density at radius 3 is 2.68 bits per heavy atom. The minimum absolute atomic E-state index is 0.0385. The molecule has 0 spiro atoms. The Morgan fingerprint density at radius 1 is 1.32 bits per heavy atom. The monoisotopic (exact) mass is 254 g/mol. The van der Waals surface area contributed by atoms with Gasteiger partial charge in [0.2, 0.25) is 5.91 Å². The second kappa shape index (κ2) is 4.67. The van der Waals surface area contributed by atoms with Gasteiger partial charge in [-0.1, -0.05) is 31.2 Å². The zero-order valence-electron chi connectivity index (χ0n) is 11.1. The van der Waals surface area contributed by atoms with Crippen LogP contribution in [-0.4, -0.2) is 18.5 Å². The summed E-state index contributed by atoms with van der Waals surface area (Å²) < 4.78 is 0. The average molecular weight is 254 g/mol. The normalized spacial score (nSPS) is 15.6. The van der Waals surface area contributed by atoms with E-state index in [9.17, 15) is 4.79 Å². The summed E-state index contributed by atoms with van der Waals surface area (Å²) >= 11 is 0. The summed E-state index contributed by atoms with van der Waals surface area (Å²) in [6.45, 7) is 2.69. The van der Waals surface area contributed by atoms with Crippen molar-refractivity contribution < 1.29 is 4.79 Å². The molecule has 0 saturated heterocycles. The SMILES string of the molecule is CCC(N)C(=O)N1CCc2cc3ccccc3cc21. The molecule has 1 unspecified atom stereocenters. The lowest BCUT2D eigenvalue weighted by atomic mass is 10.0. The number of anilines is 1. The summed E-state index contributed by atoms with van der Waals surface area (Å²) in [4.78, 5) is 14.1. The first-order chi connectivity index (χ1) is 9.20. The average Bonchev–Trinajstić information content (AvgIpc) is 2.85. The number of hydrogen-bond donors (Lipinski definition) is 1. The molecular formula is C16H18N2O. The maximum Gasteiger partial charge on any atom is 0.243 e. The molecule has 0 aromatic heterocycles. The van der Waals surface area contributed by atoms with E-state index in [1.165, 1.54) is 16.3 Å². The Kier molecular flexibility index (Phi) is 2.99. The number of amides is 1. The van der Waals surface area contributed by atoms with Gasteiger partial charge in [-0.15, -0.1) is 0 Å². The molecule has 19 heavy (non-hydrogen) atoms. The molecule has 3 nitrogen and oxygen atoms in total. The number of nitrogens with zero attached hydrogens (tertiary/aromatic N) is 1. The van der Waals surface area contributed by atoms with Crippen molar-refractivity contribution >= 4 is 22.4 Å². The van der Waals surface area contributed by atoms with Gasteiger partial charge < -0.3 is 10.6 Å². The topological polar surface area (TPSA) is 46.3 Å². The minimum Gasteiger partial charge on any atom is -0.320 e. The van der Waals surface area contributed by atoms with E-state index in [0.717, 1.165) is 18.7 Å². The Labute approximate surface area is 113 Å². The van der Waals surface area contributed by atoms with E-state index in [1.54, 1.807) is 0 Å². The van der Waals surface area contributed by atoms with Crippen LogP contribution in [0.2, 0.25) is 0 Å². The smallest absolute Gasteiger partial charge is 0.243 e. The molecule has 0 bridgehead atoms. The van der Waals surface area contributed by atoms with E-state index in [1.807, 2.05) is 24.0 Å². The third-order valence-electron chi connectivity index (χ3n) is 3.87. The predicted molar refractivity (Wildman–Crippen MR) is 78.3 cm³/mol. The van der Waals surface area contributed by atoms with Gasteiger partial charge in [-0.2, -0.15) is 0 Å². The van der Waals surface area contributed by atoms with Crippen LogP contribution in [-0.2, 0) is 11.2 Å². The van der Waals surface area contributed by atoms with Crippen LogP contribution < -0.4 is 10.6 Å². The number of rotatable bonds is 2. The number of carbonyl (C=O) groups is 1. The van der Waals surface area contributed by atoms with Crippen LogP contribution in [0.1, 0.15) is 18.9 Å². The summed E-state index contributed by atoms with van der Waals surface area (Å²) in [6.07, 6.45) is 1.60. The van der Waals surface area contributed by atoms with Crippen molar-refractivity contribution in [3.05, 3.63) is 42.0 Å². The molecule has 98 valence electrons.